The van der Waals surface area contributed by atoms with Crippen molar-refractivity contribution in [3.05, 3.63) is 0 Å². The lowest BCUT2D eigenvalue weighted by molar-refractivity contribution is -0.165. The van der Waals surface area contributed by atoms with E-state index in [9.17, 15) is 19.2 Å². The van der Waals surface area contributed by atoms with E-state index in [0.29, 0.717) is 0 Å². The summed E-state index contributed by atoms with van der Waals surface area (Å²) in [6.45, 7) is 0. The van der Waals surface area contributed by atoms with Crippen molar-refractivity contribution in [1.29, 1.82) is 0 Å². The fraction of sp³-hybridized carbons (Fsp3) is 0.500. The first-order chi connectivity index (χ1) is 8.50. The Balaban J connectivity index is 0. The maximum absolute atomic E-state index is 9.85. The summed E-state index contributed by atoms with van der Waals surface area (Å²) in [6.07, 6.45) is -5.06. The van der Waals surface area contributed by atoms with Gasteiger partial charge in [-0.05, 0) is 0 Å². The fourth-order valence-corrected chi connectivity index (χ4v) is 0.546. The maximum atomic E-state index is 9.85. The lowest BCUT2D eigenvalue weighted by atomic mass is 10.2. The predicted molar refractivity (Wildman–Crippen MR) is 55.1 cm³/mol. The van der Waals surface area contributed by atoms with Crippen molar-refractivity contribution < 1.29 is 49.8 Å². The van der Waals surface area contributed by atoms with E-state index < -0.39 is 48.5 Å². The molecule has 11 nitrogen and oxygen atoms in total. The molecule has 0 amide bonds. The van der Waals surface area contributed by atoms with Gasteiger partial charge in [0.25, 0.3) is 0 Å². The van der Waals surface area contributed by atoms with Crippen molar-refractivity contribution in [3.63, 3.8) is 0 Å². The molecule has 19 heavy (non-hydrogen) atoms. The van der Waals surface area contributed by atoms with Gasteiger partial charge in [-0.1, -0.05) is 0 Å². The molecule has 0 saturated heterocycles. The molecule has 0 heterocycles. The van der Waals surface area contributed by atoms with Gasteiger partial charge in [0.1, 0.15) is 6.04 Å². The summed E-state index contributed by atoms with van der Waals surface area (Å²) in [7, 11) is 0. The Morgan fingerprint density at radius 2 is 1.11 bits per heavy atom. The zero-order valence-corrected chi connectivity index (χ0v) is 9.33. The second-order valence-electron chi connectivity index (χ2n) is 3.11. The van der Waals surface area contributed by atoms with Gasteiger partial charge in [0, 0.05) is 0 Å². The molecule has 0 bridgehead atoms. The van der Waals surface area contributed by atoms with Gasteiger partial charge in [0.05, 0.1) is 6.42 Å². The smallest absolute Gasteiger partial charge is 0.335 e. The Hall–Kier alpha value is -2.24. The van der Waals surface area contributed by atoms with Crippen molar-refractivity contribution in [2.75, 3.05) is 0 Å². The first-order valence-corrected chi connectivity index (χ1v) is 4.52. The lowest BCUT2D eigenvalue weighted by Crippen LogP contribution is -2.39. The monoisotopic (exact) mass is 283 g/mol. The molecular formula is C8H13NO10. The molecule has 0 fully saturated rings. The molecule has 0 spiro atoms. The lowest BCUT2D eigenvalue weighted by Gasteiger charge is -2.07. The molecule has 0 radical (unpaired) electrons. The van der Waals surface area contributed by atoms with Gasteiger partial charge in [-0.25, -0.2) is 9.59 Å². The molecule has 11 heteroatoms. The van der Waals surface area contributed by atoms with Crippen LogP contribution < -0.4 is 5.73 Å². The van der Waals surface area contributed by atoms with E-state index in [2.05, 4.69) is 0 Å². The highest BCUT2D eigenvalue weighted by molar-refractivity contribution is 5.83. The summed E-state index contributed by atoms with van der Waals surface area (Å²) in [5.74, 6) is -6.04. The van der Waals surface area contributed by atoms with E-state index in [0.717, 1.165) is 0 Å². The molecule has 0 aliphatic heterocycles. The Labute approximate surface area is 105 Å². The number of carboxylic acids is 4. The molecule has 0 aliphatic rings. The Morgan fingerprint density at radius 3 is 1.21 bits per heavy atom. The van der Waals surface area contributed by atoms with Gasteiger partial charge < -0.3 is 36.4 Å². The molecule has 0 aromatic heterocycles. The number of rotatable bonds is 6. The maximum Gasteiger partial charge on any atom is 0.335 e. The van der Waals surface area contributed by atoms with Crippen LogP contribution in [0.15, 0.2) is 0 Å². The van der Waals surface area contributed by atoms with Crippen LogP contribution in [-0.2, 0) is 19.2 Å². The number of carbonyl (C=O) groups is 4. The molecule has 110 valence electrons. The highest BCUT2D eigenvalue weighted by Gasteiger charge is 2.29. The third-order valence-corrected chi connectivity index (χ3v) is 1.52. The van der Waals surface area contributed by atoms with Crippen LogP contribution in [0.3, 0.4) is 0 Å². The minimum absolute atomic E-state index is 0.532. The minimum Gasteiger partial charge on any atom is -0.481 e. The van der Waals surface area contributed by atoms with Crippen LogP contribution in [0.25, 0.3) is 0 Å². The number of carboxylic acid groups (broad SMARTS) is 4. The van der Waals surface area contributed by atoms with Crippen LogP contribution in [0.1, 0.15) is 6.42 Å². The third-order valence-electron chi connectivity index (χ3n) is 1.52. The minimum atomic E-state index is -2.27. The van der Waals surface area contributed by atoms with Crippen LogP contribution in [-0.4, -0.2) is 72.8 Å². The molecule has 0 rings (SSSR count). The first-order valence-electron chi connectivity index (χ1n) is 4.52. The van der Waals surface area contributed by atoms with E-state index in [4.69, 9.17) is 36.4 Å². The molecular weight excluding hydrogens is 270 g/mol. The van der Waals surface area contributed by atoms with Crippen LogP contribution in [0.4, 0.5) is 0 Å². The number of aliphatic hydroxyl groups excluding tert-OH is 2. The van der Waals surface area contributed by atoms with E-state index in [1.165, 1.54) is 0 Å². The molecule has 8 N–H and O–H groups in total. The number of nitrogens with two attached hydrogens (primary N) is 1. The van der Waals surface area contributed by atoms with Gasteiger partial charge >= 0.3 is 23.9 Å². The number of aliphatic carboxylic acids is 4. The largest absolute Gasteiger partial charge is 0.481 e. The predicted octanol–water partition coefficient (Wildman–Crippen LogP) is -3.25. The SMILES string of the molecule is N[C@@H](CC(=O)O)C(=O)O.O=C(O)C(O)C(O)C(=O)O. The van der Waals surface area contributed by atoms with Crippen molar-refractivity contribution in [1.82, 2.24) is 0 Å². The molecule has 2 unspecified atom stereocenters. The number of aliphatic hydroxyl groups is 2. The standard InChI is InChI=1S/C4H7NO4.C4H6O6/c5-2(4(8)9)1-3(6)7;5-1(3(7)8)2(6)4(9)10/h2H,1,5H2,(H,6,7)(H,8,9);1-2,5-6H,(H,7,8)(H,9,10)/t2-;/m0./s1. The van der Waals surface area contributed by atoms with E-state index in [-0.39, 0.29) is 0 Å². The van der Waals surface area contributed by atoms with Crippen LogP contribution in [0.5, 0.6) is 0 Å². The third kappa shape index (κ3) is 9.46. The quantitative estimate of drug-likeness (QED) is 0.256. The van der Waals surface area contributed by atoms with E-state index in [1.807, 2.05) is 0 Å². The van der Waals surface area contributed by atoms with Gasteiger partial charge in [-0.3, -0.25) is 9.59 Å². The van der Waals surface area contributed by atoms with E-state index in [1.54, 1.807) is 0 Å². The average Bonchev–Trinajstić information content (AvgIpc) is 2.26. The van der Waals surface area contributed by atoms with Crippen LogP contribution in [0, 0.1) is 0 Å². The Bertz CT molecular complexity index is 335. The van der Waals surface area contributed by atoms with E-state index >= 15 is 0 Å². The normalized spacial score (nSPS) is 14.3. The van der Waals surface area contributed by atoms with Crippen LogP contribution in [0.2, 0.25) is 0 Å². The zero-order valence-electron chi connectivity index (χ0n) is 9.33. The van der Waals surface area contributed by atoms with Crippen LogP contribution >= 0.6 is 0 Å². The van der Waals surface area contributed by atoms with Gasteiger partial charge in [0.2, 0.25) is 0 Å². The van der Waals surface area contributed by atoms with Gasteiger partial charge in [-0.2, -0.15) is 0 Å². The fourth-order valence-electron chi connectivity index (χ4n) is 0.546. The number of hydrogen-bond acceptors (Lipinski definition) is 7. The highest BCUT2D eigenvalue weighted by Crippen LogP contribution is 1.92. The summed E-state index contributed by atoms with van der Waals surface area (Å²) in [6, 6.07) is -1.29. The molecule has 3 atom stereocenters. The molecule has 0 aromatic carbocycles. The molecule has 0 aromatic rings. The highest BCUT2D eigenvalue weighted by atomic mass is 16.4. The summed E-state index contributed by atoms with van der Waals surface area (Å²) in [4.78, 5) is 39.2. The summed E-state index contributed by atoms with van der Waals surface area (Å²) >= 11 is 0. The summed E-state index contributed by atoms with van der Waals surface area (Å²) in [5.41, 5.74) is 4.84. The van der Waals surface area contributed by atoms with Crippen molar-refractivity contribution in [3.8, 4) is 0 Å². The Kier molecular flexibility index (Phi) is 8.84. The van der Waals surface area contributed by atoms with Crippen molar-refractivity contribution in [2.24, 2.45) is 5.73 Å². The Morgan fingerprint density at radius 1 is 0.789 bits per heavy atom. The summed E-state index contributed by atoms with van der Waals surface area (Å²) in [5, 5.41) is 48.6. The zero-order chi connectivity index (χ0) is 15.7. The molecule has 0 aliphatic carbocycles. The molecule has 0 saturated carbocycles. The van der Waals surface area contributed by atoms with Crippen molar-refractivity contribution >= 4 is 23.9 Å². The van der Waals surface area contributed by atoms with Crippen molar-refractivity contribution in [2.45, 2.75) is 24.7 Å². The average molecular weight is 283 g/mol. The van der Waals surface area contributed by atoms with Gasteiger partial charge in [0.15, 0.2) is 12.2 Å². The topological polar surface area (TPSA) is 216 Å². The number of hydrogen-bond donors (Lipinski definition) is 7. The second-order valence-corrected chi connectivity index (χ2v) is 3.11. The van der Waals surface area contributed by atoms with Gasteiger partial charge in [-0.15, -0.1) is 0 Å². The summed E-state index contributed by atoms with van der Waals surface area (Å²) < 4.78 is 0. The second kappa shape index (κ2) is 8.79. The first kappa shape index (κ1) is 19.1.